The van der Waals surface area contributed by atoms with Crippen molar-refractivity contribution in [1.29, 1.82) is 0 Å². The molecule has 0 saturated carbocycles. The number of rotatable bonds is 6. The van der Waals surface area contributed by atoms with E-state index in [1.54, 1.807) is 43.3 Å². The Hall–Kier alpha value is -3.63. The summed E-state index contributed by atoms with van der Waals surface area (Å²) in [7, 11) is 0. The number of amides is 3. The van der Waals surface area contributed by atoms with Gasteiger partial charge in [0.25, 0.3) is 0 Å². The molecule has 0 aromatic heterocycles. The molecule has 4 unspecified atom stereocenters. The fraction of sp³-hybridized carbons (Fsp3) is 0.304. The molecule has 178 valence electrons. The average Bonchev–Trinajstić information content (AvgIpc) is 2.80. The molecule has 2 heterocycles. The predicted octanol–water partition coefficient (Wildman–Crippen LogP) is 1.65. The van der Waals surface area contributed by atoms with E-state index in [0.717, 1.165) is 0 Å². The molecule has 2 aromatic rings. The molecule has 3 amide bonds. The lowest BCUT2D eigenvalue weighted by Gasteiger charge is -2.43. The first-order valence-corrected chi connectivity index (χ1v) is 11.2. The summed E-state index contributed by atoms with van der Waals surface area (Å²) >= 11 is 5.90. The van der Waals surface area contributed by atoms with E-state index in [0.29, 0.717) is 22.0 Å². The third-order valence-electron chi connectivity index (χ3n) is 5.61. The van der Waals surface area contributed by atoms with Gasteiger partial charge >= 0.3 is 5.97 Å². The highest BCUT2D eigenvalue weighted by atomic mass is 35.5. The molecule has 0 radical (unpaired) electrons. The average molecular weight is 486 g/mol. The zero-order valence-electron chi connectivity index (χ0n) is 18.3. The van der Waals surface area contributed by atoms with Gasteiger partial charge in [0.1, 0.15) is 0 Å². The molecule has 2 aromatic carbocycles. The van der Waals surface area contributed by atoms with Crippen molar-refractivity contribution >= 4 is 46.7 Å². The molecule has 2 fully saturated rings. The molecule has 0 spiro atoms. The van der Waals surface area contributed by atoms with Gasteiger partial charge in [-0.1, -0.05) is 11.6 Å². The van der Waals surface area contributed by atoms with Gasteiger partial charge in [0, 0.05) is 22.8 Å². The summed E-state index contributed by atoms with van der Waals surface area (Å²) in [5.41, 5.74) is 1.50. The second-order valence-electron chi connectivity index (χ2n) is 7.93. The number of benzene rings is 2. The van der Waals surface area contributed by atoms with Crippen molar-refractivity contribution in [3.05, 3.63) is 59.1 Å². The molecule has 2 aliphatic heterocycles. The highest BCUT2D eigenvalue weighted by Gasteiger charge is 2.48. The molecular formula is C23H24ClN5O5. The zero-order valence-corrected chi connectivity index (χ0v) is 19.0. The number of nitrogens with one attached hydrogen (secondary N) is 5. The number of fused-ring (bicyclic) bond motifs is 1. The fourth-order valence-electron chi connectivity index (χ4n) is 4.01. The van der Waals surface area contributed by atoms with Crippen molar-refractivity contribution in [2.45, 2.75) is 25.8 Å². The van der Waals surface area contributed by atoms with Crippen LogP contribution >= 0.6 is 11.6 Å². The SMILES string of the molecule is CCOC(=O)c1ccc(NC(=O)C2CC(=O)NC3NC(Nc4ccc(Cl)cc4)NC(=O)C32)cc1. The monoisotopic (exact) mass is 485 g/mol. The van der Waals surface area contributed by atoms with Gasteiger partial charge in [0.15, 0.2) is 6.29 Å². The standard InChI is InChI=1S/C23H24ClN5O5/c1-2-34-22(33)12-3-7-14(8-4-12)25-20(31)16-11-17(30)27-19-18(16)21(32)29-23(28-19)26-15-9-5-13(24)6-10-15/h3-10,16,18-19,23,26,28H,2,11H2,1H3,(H,25,31)(H,27,30)(H,29,32). The Bertz CT molecular complexity index is 1090. The Balaban J connectivity index is 1.43. The number of halogens is 1. The second-order valence-corrected chi connectivity index (χ2v) is 8.36. The number of piperidine rings is 1. The molecule has 5 N–H and O–H groups in total. The first kappa shape index (κ1) is 23.5. The van der Waals surface area contributed by atoms with Crippen molar-refractivity contribution in [3.63, 3.8) is 0 Å². The quantitative estimate of drug-likeness (QED) is 0.392. The van der Waals surface area contributed by atoms with E-state index in [9.17, 15) is 19.2 Å². The minimum absolute atomic E-state index is 0.127. The normalized spacial score (nSPS) is 23.7. The molecule has 4 atom stereocenters. The minimum Gasteiger partial charge on any atom is -0.462 e. The lowest BCUT2D eigenvalue weighted by molar-refractivity contribution is -0.144. The molecule has 0 aliphatic carbocycles. The Morgan fingerprint density at radius 3 is 2.38 bits per heavy atom. The molecule has 2 saturated heterocycles. The van der Waals surface area contributed by atoms with E-state index in [1.165, 1.54) is 12.1 Å². The Kier molecular flexibility index (Phi) is 6.99. The maximum absolute atomic E-state index is 13.0. The van der Waals surface area contributed by atoms with Gasteiger partial charge < -0.3 is 26.0 Å². The smallest absolute Gasteiger partial charge is 0.338 e. The van der Waals surface area contributed by atoms with Crippen molar-refractivity contribution in [2.24, 2.45) is 11.8 Å². The van der Waals surface area contributed by atoms with Crippen molar-refractivity contribution < 1.29 is 23.9 Å². The highest BCUT2D eigenvalue weighted by Crippen LogP contribution is 2.28. The van der Waals surface area contributed by atoms with Gasteiger partial charge in [-0.05, 0) is 55.5 Å². The van der Waals surface area contributed by atoms with Crippen molar-refractivity contribution in [2.75, 3.05) is 17.2 Å². The molecule has 0 bridgehead atoms. The predicted molar refractivity (Wildman–Crippen MR) is 125 cm³/mol. The molecule has 34 heavy (non-hydrogen) atoms. The first-order chi connectivity index (χ1) is 16.3. The molecule has 2 aliphatic rings. The van der Waals surface area contributed by atoms with Crippen LogP contribution in [0.5, 0.6) is 0 Å². The van der Waals surface area contributed by atoms with E-state index < -0.39 is 36.2 Å². The second kappa shape index (κ2) is 10.1. The van der Waals surface area contributed by atoms with E-state index in [-0.39, 0.29) is 24.8 Å². The summed E-state index contributed by atoms with van der Waals surface area (Å²) < 4.78 is 4.95. The van der Waals surface area contributed by atoms with E-state index >= 15 is 0 Å². The largest absolute Gasteiger partial charge is 0.462 e. The summed E-state index contributed by atoms with van der Waals surface area (Å²) in [6.07, 6.45) is -1.52. The van der Waals surface area contributed by atoms with Gasteiger partial charge in [-0.3, -0.25) is 19.7 Å². The number of hydrogen-bond acceptors (Lipinski definition) is 7. The molecular weight excluding hydrogens is 462 g/mol. The van der Waals surface area contributed by atoms with Crippen LogP contribution in [0.4, 0.5) is 11.4 Å². The van der Waals surface area contributed by atoms with E-state index in [1.807, 2.05) is 0 Å². The summed E-state index contributed by atoms with van der Waals surface area (Å²) in [4.78, 5) is 50.1. The topological polar surface area (TPSA) is 138 Å². The minimum atomic E-state index is -0.882. The summed E-state index contributed by atoms with van der Waals surface area (Å²) in [5, 5.41) is 15.1. The Morgan fingerprint density at radius 1 is 1.03 bits per heavy atom. The van der Waals surface area contributed by atoms with Gasteiger partial charge in [-0.15, -0.1) is 0 Å². The van der Waals surface area contributed by atoms with Crippen LogP contribution in [0.25, 0.3) is 0 Å². The van der Waals surface area contributed by atoms with Crippen LogP contribution < -0.4 is 26.6 Å². The fourth-order valence-corrected chi connectivity index (χ4v) is 4.13. The number of esters is 1. The van der Waals surface area contributed by atoms with Crippen LogP contribution in [0.3, 0.4) is 0 Å². The Morgan fingerprint density at radius 2 is 1.71 bits per heavy atom. The van der Waals surface area contributed by atoms with Crippen LogP contribution in [-0.2, 0) is 19.1 Å². The van der Waals surface area contributed by atoms with Crippen LogP contribution in [0.15, 0.2) is 48.5 Å². The summed E-state index contributed by atoms with van der Waals surface area (Å²) in [6, 6.07) is 13.1. The van der Waals surface area contributed by atoms with Gasteiger partial charge in [-0.25, -0.2) is 4.79 Å². The Labute approximate surface area is 200 Å². The van der Waals surface area contributed by atoms with Crippen LogP contribution in [0.1, 0.15) is 23.7 Å². The number of carbonyl (C=O) groups is 4. The molecule has 10 nitrogen and oxygen atoms in total. The van der Waals surface area contributed by atoms with Gasteiger partial charge in [-0.2, -0.15) is 0 Å². The van der Waals surface area contributed by atoms with Crippen LogP contribution in [-0.4, -0.2) is 42.8 Å². The maximum atomic E-state index is 13.0. The highest BCUT2D eigenvalue weighted by molar-refractivity contribution is 6.30. The summed E-state index contributed by atoms with van der Waals surface area (Å²) in [6.45, 7) is 1.97. The number of carbonyl (C=O) groups excluding carboxylic acids is 4. The van der Waals surface area contributed by atoms with E-state index in [2.05, 4.69) is 26.6 Å². The van der Waals surface area contributed by atoms with Crippen molar-refractivity contribution in [3.8, 4) is 0 Å². The number of ether oxygens (including phenoxy) is 1. The summed E-state index contributed by atoms with van der Waals surface area (Å²) in [5.74, 6) is -3.32. The van der Waals surface area contributed by atoms with Crippen molar-refractivity contribution in [1.82, 2.24) is 16.0 Å². The third kappa shape index (κ3) is 5.29. The first-order valence-electron chi connectivity index (χ1n) is 10.8. The lowest BCUT2D eigenvalue weighted by atomic mass is 9.81. The van der Waals surface area contributed by atoms with Crippen LogP contribution in [0, 0.1) is 11.8 Å². The lowest BCUT2D eigenvalue weighted by Crippen LogP contribution is -2.72. The number of hydrogen-bond donors (Lipinski definition) is 5. The van der Waals surface area contributed by atoms with Crippen LogP contribution in [0.2, 0.25) is 5.02 Å². The number of anilines is 2. The maximum Gasteiger partial charge on any atom is 0.338 e. The molecule has 4 rings (SSSR count). The zero-order chi connectivity index (χ0) is 24.2. The van der Waals surface area contributed by atoms with E-state index in [4.69, 9.17) is 16.3 Å². The third-order valence-corrected chi connectivity index (χ3v) is 5.86. The van der Waals surface area contributed by atoms with Gasteiger partial charge in [0.2, 0.25) is 17.7 Å². The van der Waals surface area contributed by atoms with Gasteiger partial charge in [0.05, 0.1) is 30.2 Å². The molecule has 11 heteroatoms.